The Hall–Kier alpha value is -2.10. The van der Waals surface area contributed by atoms with E-state index in [1.54, 1.807) is 0 Å². The zero-order valence-corrected chi connectivity index (χ0v) is 10.8. The summed E-state index contributed by atoms with van der Waals surface area (Å²) in [5.41, 5.74) is 8.48. The van der Waals surface area contributed by atoms with Gasteiger partial charge in [0.05, 0.1) is 5.69 Å². The number of ether oxygens (including phenoxy) is 1. The average Bonchev–Trinajstić information content (AvgIpc) is 2.34. The van der Waals surface area contributed by atoms with Crippen molar-refractivity contribution in [3.63, 3.8) is 0 Å². The fourth-order valence-corrected chi connectivity index (χ4v) is 1.56. The van der Waals surface area contributed by atoms with Crippen LogP contribution < -0.4 is 10.5 Å². The highest BCUT2D eigenvalue weighted by atomic mass is 16.5. The van der Waals surface area contributed by atoms with Gasteiger partial charge in [0.2, 0.25) is 5.88 Å². The molecule has 0 spiro atoms. The van der Waals surface area contributed by atoms with E-state index in [4.69, 9.17) is 10.5 Å². The molecule has 94 valence electrons. The molecule has 0 aliphatic heterocycles. The molecule has 0 fully saturated rings. The molecular formula is C14H17N3O. The standard InChI is InChI=1S/C14H17N3O/c1-9(2)13-7-14(17-8-16-13)18-11-4-5-12(15)10(3)6-11/h4-9H,15H2,1-3H3. The minimum absolute atomic E-state index is 0.350. The van der Waals surface area contributed by atoms with Gasteiger partial charge in [0, 0.05) is 11.8 Å². The first-order valence-electron chi connectivity index (χ1n) is 5.92. The molecule has 1 heterocycles. The molecule has 18 heavy (non-hydrogen) atoms. The van der Waals surface area contributed by atoms with Crippen LogP contribution in [0.2, 0.25) is 0 Å². The normalized spacial score (nSPS) is 10.7. The SMILES string of the molecule is Cc1cc(Oc2cc(C(C)C)ncn2)ccc1N. The van der Waals surface area contributed by atoms with E-state index >= 15 is 0 Å². The Kier molecular flexibility index (Phi) is 3.46. The Labute approximate surface area is 107 Å². The molecule has 0 saturated heterocycles. The van der Waals surface area contributed by atoms with Crippen LogP contribution in [0.4, 0.5) is 5.69 Å². The fourth-order valence-electron chi connectivity index (χ4n) is 1.56. The van der Waals surface area contributed by atoms with E-state index in [2.05, 4.69) is 23.8 Å². The lowest BCUT2D eigenvalue weighted by atomic mass is 10.1. The number of anilines is 1. The lowest BCUT2D eigenvalue weighted by Crippen LogP contribution is -1.96. The topological polar surface area (TPSA) is 61.0 Å². The van der Waals surface area contributed by atoms with Gasteiger partial charge in [-0.3, -0.25) is 0 Å². The van der Waals surface area contributed by atoms with Gasteiger partial charge in [-0.25, -0.2) is 9.97 Å². The third-order valence-corrected chi connectivity index (χ3v) is 2.72. The second-order valence-electron chi connectivity index (χ2n) is 4.56. The van der Waals surface area contributed by atoms with Gasteiger partial charge >= 0.3 is 0 Å². The molecule has 0 amide bonds. The Morgan fingerprint density at radius 2 is 1.94 bits per heavy atom. The molecule has 1 aromatic heterocycles. The second-order valence-corrected chi connectivity index (χ2v) is 4.56. The van der Waals surface area contributed by atoms with Crippen molar-refractivity contribution in [2.75, 3.05) is 5.73 Å². The summed E-state index contributed by atoms with van der Waals surface area (Å²) in [6.45, 7) is 6.11. The first kappa shape index (κ1) is 12.4. The van der Waals surface area contributed by atoms with E-state index in [9.17, 15) is 0 Å². The van der Waals surface area contributed by atoms with E-state index in [1.807, 2.05) is 31.2 Å². The summed E-state index contributed by atoms with van der Waals surface area (Å²) in [7, 11) is 0. The summed E-state index contributed by atoms with van der Waals surface area (Å²) in [5, 5.41) is 0. The van der Waals surface area contributed by atoms with Crippen LogP contribution in [0.25, 0.3) is 0 Å². The predicted octanol–water partition coefficient (Wildman–Crippen LogP) is 3.28. The van der Waals surface area contributed by atoms with Crippen molar-refractivity contribution in [1.82, 2.24) is 9.97 Å². The minimum Gasteiger partial charge on any atom is -0.439 e. The number of hydrogen-bond acceptors (Lipinski definition) is 4. The summed E-state index contributed by atoms with van der Waals surface area (Å²) in [5.74, 6) is 1.64. The molecule has 0 aliphatic rings. The van der Waals surface area contributed by atoms with Gasteiger partial charge in [-0.05, 0) is 36.6 Å². The zero-order valence-electron chi connectivity index (χ0n) is 10.8. The van der Waals surface area contributed by atoms with Crippen LogP contribution in [0.5, 0.6) is 11.6 Å². The van der Waals surface area contributed by atoms with Gasteiger partial charge in [0.25, 0.3) is 0 Å². The number of aromatic nitrogens is 2. The number of nitrogens with zero attached hydrogens (tertiary/aromatic N) is 2. The molecule has 0 atom stereocenters. The number of benzene rings is 1. The van der Waals surface area contributed by atoms with Crippen molar-refractivity contribution in [3.05, 3.63) is 41.9 Å². The third kappa shape index (κ3) is 2.77. The molecule has 0 unspecified atom stereocenters. The summed E-state index contributed by atoms with van der Waals surface area (Å²) in [4.78, 5) is 8.31. The monoisotopic (exact) mass is 243 g/mol. The number of rotatable bonds is 3. The summed E-state index contributed by atoms with van der Waals surface area (Å²) >= 11 is 0. The van der Waals surface area contributed by atoms with Crippen LogP contribution in [0.1, 0.15) is 31.0 Å². The fraction of sp³-hybridized carbons (Fsp3) is 0.286. The van der Waals surface area contributed by atoms with Crippen LogP contribution in [0, 0.1) is 6.92 Å². The largest absolute Gasteiger partial charge is 0.439 e. The number of aryl methyl sites for hydroxylation is 1. The maximum absolute atomic E-state index is 5.76. The summed E-state index contributed by atoms with van der Waals surface area (Å²) < 4.78 is 5.70. The van der Waals surface area contributed by atoms with E-state index < -0.39 is 0 Å². The summed E-state index contributed by atoms with van der Waals surface area (Å²) in [6, 6.07) is 7.41. The Balaban J connectivity index is 2.23. The van der Waals surface area contributed by atoms with Gasteiger partial charge in [0.1, 0.15) is 12.1 Å². The van der Waals surface area contributed by atoms with Gasteiger partial charge in [0.15, 0.2) is 0 Å². The molecule has 4 heteroatoms. The maximum Gasteiger partial charge on any atom is 0.222 e. The second kappa shape index (κ2) is 5.04. The molecule has 2 aromatic rings. The highest BCUT2D eigenvalue weighted by Crippen LogP contribution is 2.24. The number of nitrogens with two attached hydrogens (primary N) is 1. The molecule has 0 radical (unpaired) electrons. The van der Waals surface area contributed by atoms with Gasteiger partial charge < -0.3 is 10.5 Å². The molecule has 2 rings (SSSR count). The molecular weight excluding hydrogens is 226 g/mol. The average molecular weight is 243 g/mol. The van der Waals surface area contributed by atoms with Gasteiger partial charge in [-0.2, -0.15) is 0 Å². The van der Waals surface area contributed by atoms with Crippen molar-refractivity contribution in [3.8, 4) is 11.6 Å². The van der Waals surface area contributed by atoms with Crippen molar-refractivity contribution < 1.29 is 4.74 Å². The van der Waals surface area contributed by atoms with Crippen LogP contribution in [0.3, 0.4) is 0 Å². The highest BCUT2D eigenvalue weighted by molar-refractivity contribution is 5.50. The predicted molar refractivity (Wildman–Crippen MR) is 71.8 cm³/mol. The molecule has 0 bridgehead atoms. The first-order chi connectivity index (χ1) is 8.56. The Morgan fingerprint density at radius 3 is 2.61 bits per heavy atom. The van der Waals surface area contributed by atoms with Crippen molar-refractivity contribution in [1.29, 1.82) is 0 Å². The van der Waals surface area contributed by atoms with Crippen LogP contribution >= 0.6 is 0 Å². The summed E-state index contributed by atoms with van der Waals surface area (Å²) in [6.07, 6.45) is 1.52. The smallest absolute Gasteiger partial charge is 0.222 e. The molecule has 2 N–H and O–H groups in total. The van der Waals surface area contributed by atoms with Crippen LogP contribution in [0.15, 0.2) is 30.6 Å². The molecule has 0 aliphatic carbocycles. The maximum atomic E-state index is 5.76. The van der Waals surface area contributed by atoms with Gasteiger partial charge in [-0.15, -0.1) is 0 Å². The lowest BCUT2D eigenvalue weighted by molar-refractivity contribution is 0.459. The Bertz CT molecular complexity index is 552. The highest BCUT2D eigenvalue weighted by Gasteiger charge is 2.05. The van der Waals surface area contributed by atoms with Gasteiger partial charge in [-0.1, -0.05) is 13.8 Å². The van der Waals surface area contributed by atoms with Crippen molar-refractivity contribution in [2.24, 2.45) is 0 Å². The van der Waals surface area contributed by atoms with E-state index in [-0.39, 0.29) is 0 Å². The van der Waals surface area contributed by atoms with E-state index in [0.717, 1.165) is 22.7 Å². The van der Waals surface area contributed by atoms with Crippen molar-refractivity contribution in [2.45, 2.75) is 26.7 Å². The Morgan fingerprint density at radius 1 is 1.17 bits per heavy atom. The van der Waals surface area contributed by atoms with E-state index in [1.165, 1.54) is 6.33 Å². The third-order valence-electron chi connectivity index (χ3n) is 2.72. The van der Waals surface area contributed by atoms with Crippen molar-refractivity contribution >= 4 is 5.69 Å². The molecule has 4 nitrogen and oxygen atoms in total. The number of nitrogen functional groups attached to an aromatic ring is 1. The first-order valence-corrected chi connectivity index (χ1v) is 5.92. The molecule has 1 aromatic carbocycles. The van der Waals surface area contributed by atoms with Crippen LogP contribution in [-0.4, -0.2) is 9.97 Å². The zero-order chi connectivity index (χ0) is 13.1. The van der Waals surface area contributed by atoms with Crippen LogP contribution in [-0.2, 0) is 0 Å². The minimum atomic E-state index is 0.350. The quantitative estimate of drug-likeness (QED) is 0.840. The molecule has 0 saturated carbocycles. The lowest BCUT2D eigenvalue weighted by Gasteiger charge is -2.09. The number of hydrogen-bond donors (Lipinski definition) is 1. The van der Waals surface area contributed by atoms with E-state index in [0.29, 0.717) is 11.8 Å².